The fourth-order valence-corrected chi connectivity index (χ4v) is 8.86. The third-order valence-electron chi connectivity index (χ3n) is 12.9. The molecule has 6 heteroatoms. The first-order valence-corrected chi connectivity index (χ1v) is 21.5. The van der Waals surface area contributed by atoms with Crippen molar-refractivity contribution in [3.63, 3.8) is 0 Å². The van der Waals surface area contributed by atoms with E-state index in [1.165, 1.54) is 22.3 Å². The third-order valence-corrected chi connectivity index (χ3v) is 12.9. The van der Waals surface area contributed by atoms with E-state index < -0.39 is 0 Å². The fraction of sp³-hybridized carbons (Fsp3) is 0.138. The topological polar surface area (TPSA) is 35.9 Å². The molecule has 5 nitrogen and oxygen atoms in total. The van der Waals surface area contributed by atoms with Gasteiger partial charge in [0.1, 0.15) is 5.82 Å². The number of para-hydroxylation sites is 1. The van der Waals surface area contributed by atoms with Crippen LogP contribution in [0.15, 0.2) is 182 Å². The van der Waals surface area contributed by atoms with Crippen molar-refractivity contribution in [2.24, 2.45) is 0 Å². The number of imidazole rings is 1. The van der Waals surface area contributed by atoms with Crippen molar-refractivity contribution < 1.29 is 30.4 Å². The minimum atomic E-state index is -0.232. The number of pyridine rings is 1. The Morgan fingerprint density at radius 2 is 1.17 bits per heavy atom. The van der Waals surface area contributed by atoms with Crippen LogP contribution in [-0.2, 0) is 31.9 Å². The molecular weight excluding hydrogens is 964 g/mol. The van der Waals surface area contributed by atoms with Crippen molar-refractivity contribution in [1.82, 2.24) is 14.1 Å². The third kappa shape index (κ3) is 7.69. The second kappa shape index (κ2) is 17.0. The zero-order chi connectivity index (χ0) is 43.3. The summed E-state index contributed by atoms with van der Waals surface area (Å²) in [5.74, 6) is 1.98. The quantitative estimate of drug-likeness (QED) is 0.101. The fourth-order valence-electron chi connectivity index (χ4n) is 8.86. The van der Waals surface area contributed by atoms with E-state index in [0.717, 1.165) is 61.5 Å². The minimum absolute atomic E-state index is 0. The number of ether oxygens (including phenoxy) is 1. The SMILES string of the molecule is Cc1c(C)[n+](-c2cccc(C(C)(C)c3ccccc3)c2)[c-]n1-c1[c-]c(Oc2[c-]c3c(cc2)c2ccccc2n3-c2cc(C(C)(C)c3ccccc3)ccn2)cc(-c2ccccc2)c1.[Pt]. The van der Waals surface area contributed by atoms with Gasteiger partial charge in [-0.2, -0.15) is 12.1 Å². The van der Waals surface area contributed by atoms with E-state index in [1.807, 2.05) is 18.3 Å². The van der Waals surface area contributed by atoms with Crippen LogP contribution in [0.3, 0.4) is 0 Å². The first-order valence-electron chi connectivity index (χ1n) is 21.5. The molecule has 0 atom stereocenters. The van der Waals surface area contributed by atoms with E-state index in [1.54, 1.807) is 0 Å². The van der Waals surface area contributed by atoms with E-state index >= 15 is 0 Å². The van der Waals surface area contributed by atoms with Crippen molar-refractivity contribution in [2.45, 2.75) is 52.4 Å². The van der Waals surface area contributed by atoms with E-state index in [0.29, 0.717) is 11.5 Å². The molecule has 0 spiro atoms. The summed E-state index contributed by atoms with van der Waals surface area (Å²) in [7, 11) is 0. The second-order valence-corrected chi connectivity index (χ2v) is 17.4. The molecule has 0 unspecified atom stereocenters. The molecule has 0 aliphatic heterocycles. The summed E-state index contributed by atoms with van der Waals surface area (Å²) in [4.78, 5) is 4.95. The summed E-state index contributed by atoms with van der Waals surface area (Å²) >= 11 is 0. The number of fused-ring (bicyclic) bond motifs is 3. The number of hydrogen-bond donors (Lipinski definition) is 0. The minimum Gasteiger partial charge on any atom is -0.510 e. The van der Waals surface area contributed by atoms with Gasteiger partial charge in [0.25, 0.3) is 6.33 Å². The van der Waals surface area contributed by atoms with Crippen molar-refractivity contribution in [2.75, 3.05) is 0 Å². The number of nitrogens with zero attached hydrogens (tertiary/aromatic N) is 4. The molecule has 0 N–H and O–H groups in total. The molecule has 0 fully saturated rings. The molecule has 0 amide bonds. The van der Waals surface area contributed by atoms with Crippen LogP contribution in [0, 0.1) is 32.3 Å². The molecule has 3 aromatic heterocycles. The van der Waals surface area contributed by atoms with Crippen LogP contribution in [0.25, 0.3) is 50.1 Å². The molecule has 64 heavy (non-hydrogen) atoms. The average Bonchev–Trinajstić information content (AvgIpc) is 3.82. The van der Waals surface area contributed by atoms with Crippen LogP contribution in [0.1, 0.15) is 61.3 Å². The summed E-state index contributed by atoms with van der Waals surface area (Å²) in [6.07, 6.45) is 5.60. The van der Waals surface area contributed by atoms with Crippen molar-refractivity contribution in [1.29, 1.82) is 0 Å². The molecule has 0 aliphatic carbocycles. The maximum absolute atomic E-state index is 6.81. The monoisotopic (exact) mass is 1010 g/mol. The molecule has 3 heterocycles. The molecule has 10 rings (SSSR count). The van der Waals surface area contributed by atoms with Gasteiger partial charge in [-0.05, 0) is 83.1 Å². The van der Waals surface area contributed by atoms with Gasteiger partial charge in [0.05, 0.1) is 11.4 Å². The van der Waals surface area contributed by atoms with Gasteiger partial charge in [-0.25, -0.2) is 4.98 Å². The van der Waals surface area contributed by atoms with Gasteiger partial charge in [-0.3, -0.25) is 4.57 Å². The average molecular weight is 1010 g/mol. The molecule has 7 aromatic carbocycles. The standard InChI is InChI=1S/C58H48N4O.Pt/c1-40-41(2)61(39-60(40)48-26-18-25-46(35-48)57(3,4)44-21-12-8-13-22-44)49-33-43(42-19-10-7-11-20-42)34-51(37-49)63-50-29-30-53-52-27-16-17-28-54(52)62(55(53)38-50)56-36-47(31-32-59-56)58(5,6)45-23-14-9-15-24-45;/h7-36H,1-6H3;/q-2;. The molecule has 0 bridgehead atoms. The van der Waals surface area contributed by atoms with E-state index in [2.05, 4.69) is 237 Å². The Hall–Kier alpha value is -6.81. The van der Waals surface area contributed by atoms with Gasteiger partial charge in [0, 0.05) is 60.8 Å². The van der Waals surface area contributed by atoms with Crippen LogP contribution in [0.4, 0.5) is 0 Å². The number of aromatic nitrogens is 4. The summed E-state index contributed by atoms with van der Waals surface area (Å²) in [6, 6.07) is 68.9. The zero-order valence-corrected chi connectivity index (χ0v) is 39.1. The Morgan fingerprint density at radius 3 is 1.88 bits per heavy atom. The Morgan fingerprint density at radius 1 is 0.547 bits per heavy atom. The second-order valence-electron chi connectivity index (χ2n) is 17.4. The summed E-state index contributed by atoms with van der Waals surface area (Å²) in [5.41, 5.74) is 12.6. The first-order chi connectivity index (χ1) is 30.6. The predicted molar refractivity (Wildman–Crippen MR) is 255 cm³/mol. The number of hydrogen-bond acceptors (Lipinski definition) is 2. The molecule has 0 radical (unpaired) electrons. The van der Waals surface area contributed by atoms with Gasteiger partial charge in [0.2, 0.25) is 0 Å². The largest absolute Gasteiger partial charge is 0.510 e. The molecule has 0 saturated carbocycles. The van der Waals surface area contributed by atoms with Crippen molar-refractivity contribution in [3.05, 3.63) is 234 Å². The maximum Gasteiger partial charge on any atom is 0.267 e. The number of rotatable bonds is 10. The smallest absolute Gasteiger partial charge is 0.267 e. The van der Waals surface area contributed by atoms with Crippen LogP contribution in [0.2, 0.25) is 0 Å². The van der Waals surface area contributed by atoms with Gasteiger partial charge in [-0.1, -0.05) is 155 Å². The van der Waals surface area contributed by atoms with Crippen LogP contribution >= 0.6 is 0 Å². The van der Waals surface area contributed by atoms with Gasteiger partial charge >= 0.3 is 0 Å². The maximum atomic E-state index is 6.81. The Labute approximate surface area is 390 Å². The van der Waals surface area contributed by atoms with Gasteiger partial charge in [0.15, 0.2) is 0 Å². The normalized spacial score (nSPS) is 11.8. The summed E-state index contributed by atoms with van der Waals surface area (Å²) < 4.78 is 13.2. The summed E-state index contributed by atoms with van der Waals surface area (Å²) in [5, 5.41) is 2.20. The zero-order valence-electron chi connectivity index (χ0n) is 36.8. The van der Waals surface area contributed by atoms with E-state index in [9.17, 15) is 0 Å². The van der Waals surface area contributed by atoms with E-state index in [4.69, 9.17) is 9.72 Å². The Balaban J connectivity index is 0.00000518. The Bertz CT molecular complexity index is 3280. The van der Waals surface area contributed by atoms with Crippen LogP contribution < -0.4 is 9.30 Å². The Kier molecular flexibility index (Phi) is 11.3. The van der Waals surface area contributed by atoms with Gasteiger partial charge in [-0.15, -0.1) is 35.2 Å². The predicted octanol–water partition coefficient (Wildman–Crippen LogP) is 13.4. The van der Waals surface area contributed by atoms with Crippen molar-refractivity contribution in [3.8, 4) is 39.8 Å². The summed E-state index contributed by atoms with van der Waals surface area (Å²) in [6.45, 7) is 13.4. The molecule has 10 aromatic rings. The molecule has 0 aliphatic rings. The first kappa shape index (κ1) is 42.5. The van der Waals surface area contributed by atoms with Gasteiger partial charge < -0.3 is 13.9 Å². The number of benzene rings is 7. The van der Waals surface area contributed by atoms with Crippen LogP contribution in [0.5, 0.6) is 11.5 Å². The van der Waals surface area contributed by atoms with Crippen molar-refractivity contribution >= 4 is 21.8 Å². The molecular formula is C58H48N4OPt-2. The van der Waals surface area contributed by atoms with E-state index in [-0.39, 0.29) is 31.9 Å². The molecule has 0 saturated heterocycles. The molecule has 318 valence electrons. The van der Waals surface area contributed by atoms with Crippen LogP contribution in [-0.4, -0.2) is 14.1 Å².